The fourth-order valence-electron chi connectivity index (χ4n) is 1.21. The summed E-state index contributed by atoms with van der Waals surface area (Å²) in [6.45, 7) is 24.5. The molecule has 0 radical (unpaired) electrons. The molecule has 0 saturated carbocycles. The Morgan fingerprint density at radius 1 is 0.789 bits per heavy atom. The molecule has 0 aromatic carbocycles. The third-order valence-corrected chi connectivity index (χ3v) is 4.79. The van der Waals surface area contributed by atoms with Gasteiger partial charge in [0, 0.05) is 5.41 Å². The molecule has 0 heterocycles. The van der Waals surface area contributed by atoms with E-state index >= 15 is 0 Å². The van der Waals surface area contributed by atoms with Gasteiger partial charge in [-0.05, 0) is 33.1 Å². The minimum absolute atomic E-state index is 0.0709. The van der Waals surface area contributed by atoms with Crippen molar-refractivity contribution in [1.29, 1.82) is 0 Å². The molecule has 0 aliphatic rings. The van der Waals surface area contributed by atoms with Gasteiger partial charge in [-0.1, -0.05) is 40.7 Å². The highest BCUT2D eigenvalue weighted by Gasteiger charge is 2.41. The van der Waals surface area contributed by atoms with Crippen molar-refractivity contribution in [1.82, 2.24) is 0 Å². The van der Waals surface area contributed by atoms with E-state index < -0.39 is 0 Å². The molecule has 0 aromatic heterocycles. The second-order valence-electron chi connectivity index (χ2n) is 8.04. The number of hydrogen-bond donors (Lipinski definition) is 0. The maximum atomic E-state index is 6.22. The first-order valence-corrected chi connectivity index (χ1v) is 7.16. The predicted molar refractivity (Wildman–Crippen MR) is 83.5 cm³/mol. The summed E-state index contributed by atoms with van der Waals surface area (Å²) in [5.74, 6) is 0. The van der Waals surface area contributed by atoms with Crippen LogP contribution in [0.1, 0.15) is 62.3 Å². The van der Waals surface area contributed by atoms with Crippen LogP contribution in [-0.2, 0) is 9.47 Å². The Morgan fingerprint density at radius 3 is 1.63 bits per heavy atom. The Morgan fingerprint density at radius 2 is 1.26 bits per heavy atom. The summed E-state index contributed by atoms with van der Waals surface area (Å²) in [5.41, 5.74) is -0.387. The van der Waals surface area contributed by atoms with Crippen LogP contribution in [0.25, 0.3) is 0 Å². The predicted octanol–water partition coefficient (Wildman–Crippen LogP) is 4.84. The summed E-state index contributed by atoms with van der Waals surface area (Å²) in [7, 11) is 0. The monoisotopic (exact) mass is 270 g/mol. The molecule has 2 heteroatoms. The Hall–Kier alpha value is -0.340. The van der Waals surface area contributed by atoms with Crippen LogP contribution in [0.3, 0.4) is 0 Å². The quantitative estimate of drug-likeness (QED) is 0.617. The van der Waals surface area contributed by atoms with Crippen molar-refractivity contribution >= 4 is 0 Å². The van der Waals surface area contributed by atoms with Gasteiger partial charge in [0.25, 0.3) is 0 Å². The van der Waals surface area contributed by atoms with Crippen molar-refractivity contribution in [3.63, 3.8) is 0 Å². The first kappa shape index (κ1) is 18.7. The number of hydrogen-bond acceptors (Lipinski definition) is 2. The normalized spacial score (nSPS) is 14.6. The average molecular weight is 270 g/mol. The topological polar surface area (TPSA) is 18.5 Å². The van der Waals surface area contributed by atoms with Crippen molar-refractivity contribution in [3.05, 3.63) is 12.7 Å². The van der Waals surface area contributed by atoms with Crippen LogP contribution < -0.4 is 0 Å². The van der Waals surface area contributed by atoms with Crippen molar-refractivity contribution in [3.8, 4) is 0 Å². The van der Waals surface area contributed by atoms with E-state index in [1.165, 1.54) is 0 Å². The Labute approximate surface area is 120 Å². The maximum Gasteiger partial charge on any atom is 0.0703 e. The van der Waals surface area contributed by atoms with Crippen LogP contribution in [0, 0.1) is 10.8 Å². The average Bonchev–Trinajstić information content (AvgIpc) is 2.22. The van der Waals surface area contributed by atoms with Crippen molar-refractivity contribution in [2.24, 2.45) is 10.8 Å². The zero-order chi connectivity index (χ0) is 15.5. The molecule has 0 fully saturated rings. The second kappa shape index (κ2) is 5.97. The van der Waals surface area contributed by atoms with Crippen LogP contribution in [0.2, 0.25) is 0 Å². The SMILES string of the molecule is C=CCOC(C)(C)C(C)(C)COC(C)(C)C(C)(C)C. The van der Waals surface area contributed by atoms with Crippen molar-refractivity contribution in [2.75, 3.05) is 13.2 Å². The molecule has 0 spiro atoms. The van der Waals surface area contributed by atoms with Gasteiger partial charge in [0.05, 0.1) is 24.4 Å². The van der Waals surface area contributed by atoms with E-state index in [0.717, 1.165) is 0 Å². The van der Waals surface area contributed by atoms with E-state index in [0.29, 0.717) is 13.2 Å². The van der Waals surface area contributed by atoms with Gasteiger partial charge in [0.1, 0.15) is 0 Å². The number of ether oxygens (including phenoxy) is 2. The van der Waals surface area contributed by atoms with Crippen molar-refractivity contribution in [2.45, 2.75) is 73.5 Å². The molecule has 114 valence electrons. The minimum atomic E-state index is -0.255. The highest BCUT2D eigenvalue weighted by Crippen LogP contribution is 2.38. The summed E-state index contributed by atoms with van der Waals surface area (Å²) >= 11 is 0. The summed E-state index contributed by atoms with van der Waals surface area (Å²) < 4.78 is 12.1. The molecule has 2 nitrogen and oxygen atoms in total. The molecular weight excluding hydrogens is 236 g/mol. The zero-order valence-corrected chi connectivity index (χ0v) is 14.5. The summed E-state index contributed by atoms with van der Waals surface area (Å²) in [5, 5.41) is 0. The van der Waals surface area contributed by atoms with Gasteiger partial charge < -0.3 is 9.47 Å². The third-order valence-electron chi connectivity index (χ3n) is 4.79. The van der Waals surface area contributed by atoms with Crippen LogP contribution in [0.4, 0.5) is 0 Å². The Bertz CT molecular complexity index is 293. The van der Waals surface area contributed by atoms with E-state index in [-0.39, 0.29) is 22.0 Å². The van der Waals surface area contributed by atoms with Gasteiger partial charge in [-0.25, -0.2) is 0 Å². The molecule has 0 saturated heterocycles. The molecule has 0 atom stereocenters. The van der Waals surface area contributed by atoms with Crippen LogP contribution in [0.15, 0.2) is 12.7 Å². The molecule has 0 aromatic rings. The zero-order valence-electron chi connectivity index (χ0n) is 14.5. The first-order chi connectivity index (χ1) is 8.27. The highest BCUT2D eigenvalue weighted by molar-refractivity contribution is 4.91. The first-order valence-electron chi connectivity index (χ1n) is 7.16. The lowest BCUT2D eigenvalue weighted by molar-refractivity contribution is -0.165. The van der Waals surface area contributed by atoms with E-state index in [1.807, 2.05) is 0 Å². The van der Waals surface area contributed by atoms with E-state index in [4.69, 9.17) is 9.47 Å². The fraction of sp³-hybridized carbons (Fsp3) is 0.882. The summed E-state index contributed by atoms with van der Waals surface area (Å²) in [6, 6.07) is 0. The minimum Gasteiger partial charge on any atom is -0.374 e. The standard InChI is InChI=1S/C17H34O2/c1-11-12-18-17(9,10)15(5,6)13-19-16(7,8)14(2,3)4/h11H,1,12-13H2,2-10H3. The number of rotatable bonds is 7. The van der Waals surface area contributed by atoms with E-state index in [2.05, 4.69) is 68.9 Å². The molecule has 0 rings (SSSR count). The molecular formula is C17H34O2. The van der Waals surface area contributed by atoms with Gasteiger partial charge in [0.15, 0.2) is 0 Å². The Balaban J connectivity index is 4.74. The van der Waals surface area contributed by atoms with Crippen LogP contribution in [0.5, 0.6) is 0 Å². The van der Waals surface area contributed by atoms with Gasteiger partial charge in [-0.3, -0.25) is 0 Å². The summed E-state index contributed by atoms with van der Waals surface area (Å²) in [6.07, 6.45) is 1.79. The Kier molecular flexibility index (Phi) is 5.86. The van der Waals surface area contributed by atoms with Gasteiger partial charge >= 0.3 is 0 Å². The molecule has 0 amide bonds. The molecule has 0 aliphatic carbocycles. The van der Waals surface area contributed by atoms with Gasteiger partial charge in [-0.15, -0.1) is 6.58 Å². The van der Waals surface area contributed by atoms with Crippen molar-refractivity contribution < 1.29 is 9.47 Å². The maximum absolute atomic E-state index is 6.22. The largest absolute Gasteiger partial charge is 0.374 e. The van der Waals surface area contributed by atoms with Gasteiger partial charge in [-0.2, -0.15) is 0 Å². The smallest absolute Gasteiger partial charge is 0.0703 e. The van der Waals surface area contributed by atoms with Crippen LogP contribution in [-0.4, -0.2) is 24.4 Å². The van der Waals surface area contributed by atoms with Gasteiger partial charge in [0.2, 0.25) is 0 Å². The molecule has 0 bridgehead atoms. The van der Waals surface area contributed by atoms with E-state index in [1.54, 1.807) is 6.08 Å². The molecule has 0 N–H and O–H groups in total. The second-order valence-corrected chi connectivity index (χ2v) is 8.04. The lowest BCUT2D eigenvalue weighted by Crippen LogP contribution is -2.48. The van der Waals surface area contributed by atoms with Crippen LogP contribution >= 0.6 is 0 Å². The molecule has 0 unspecified atom stereocenters. The highest BCUT2D eigenvalue weighted by atomic mass is 16.5. The third kappa shape index (κ3) is 4.92. The molecule has 0 aliphatic heterocycles. The molecule has 19 heavy (non-hydrogen) atoms. The lowest BCUT2D eigenvalue weighted by Gasteiger charge is -2.45. The lowest BCUT2D eigenvalue weighted by atomic mass is 9.76. The van der Waals surface area contributed by atoms with E-state index in [9.17, 15) is 0 Å². The fourth-order valence-corrected chi connectivity index (χ4v) is 1.21. The summed E-state index contributed by atoms with van der Waals surface area (Å²) in [4.78, 5) is 0.